The smallest absolute Gasteiger partial charge is 0.259 e. The summed E-state index contributed by atoms with van der Waals surface area (Å²) in [6, 6.07) is 74.5. The number of hydrogen-bond donors (Lipinski definition) is 0. The first-order valence-electron chi connectivity index (χ1n) is 20.4. The van der Waals surface area contributed by atoms with Crippen LogP contribution >= 0.6 is 0 Å². The maximum Gasteiger partial charge on any atom is 0.259 e. The van der Waals surface area contributed by atoms with Gasteiger partial charge in [-0.25, -0.2) is 24.9 Å². The third-order valence-electron chi connectivity index (χ3n) is 11.8. The van der Waals surface area contributed by atoms with Crippen LogP contribution in [0.3, 0.4) is 0 Å². The molecule has 0 N–H and O–H groups in total. The Kier molecular flexibility index (Phi) is 8.04. The van der Waals surface area contributed by atoms with Crippen molar-refractivity contribution in [3.8, 4) is 62.6 Å². The molecule has 7 nitrogen and oxygen atoms in total. The highest BCUT2D eigenvalue weighted by atomic mass is 28.3. The molecule has 61 heavy (non-hydrogen) atoms. The summed E-state index contributed by atoms with van der Waals surface area (Å²) in [5.41, 5.74) is 10.1. The molecule has 1 atom stereocenters. The zero-order chi connectivity index (χ0) is 40.3. The molecular weight excluding hydrogens is 763 g/mol. The van der Waals surface area contributed by atoms with Gasteiger partial charge < -0.3 is 4.23 Å². The van der Waals surface area contributed by atoms with Gasteiger partial charge in [0, 0.05) is 33.5 Å². The van der Waals surface area contributed by atoms with Crippen molar-refractivity contribution in [2.24, 2.45) is 0 Å². The van der Waals surface area contributed by atoms with Crippen molar-refractivity contribution < 1.29 is 0 Å². The van der Waals surface area contributed by atoms with E-state index in [1.165, 1.54) is 15.6 Å². The fourth-order valence-electron chi connectivity index (χ4n) is 9.16. The lowest BCUT2D eigenvalue weighted by Crippen LogP contribution is -2.70. The number of nitrogens with zero attached hydrogens (tertiary/aromatic N) is 7. The van der Waals surface area contributed by atoms with Crippen LogP contribution in [-0.2, 0) is 0 Å². The molecule has 3 aromatic heterocycles. The summed E-state index contributed by atoms with van der Waals surface area (Å²) < 4.78 is 4.85. The Bertz CT molecular complexity index is 3380. The summed E-state index contributed by atoms with van der Waals surface area (Å²) in [7, 11) is -3.21. The van der Waals surface area contributed by atoms with Crippen LogP contribution in [-0.4, -0.2) is 42.0 Å². The van der Waals surface area contributed by atoms with Gasteiger partial charge in [0.2, 0.25) is 0 Å². The average Bonchev–Trinajstić information content (AvgIpc) is 4.01. The Morgan fingerprint density at radius 1 is 0.344 bits per heavy atom. The lowest BCUT2D eigenvalue weighted by molar-refractivity contribution is 1.07. The van der Waals surface area contributed by atoms with Crippen LogP contribution in [0.2, 0.25) is 0 Å². The van der Waals surface area contributed by atoms with Crippen LogP contribution in [0, 0.1) is 0 Å². The second-order valence-electron chi connectivity index (χ2n) is 15.3. The van der Waals surface area contributed by atoms with Crippen LogP contribution in [0.15, 0.2) is 212 Å². The van der Waals surface area contributed by atoms with Crippen LogP contribution < -0.4 is 15.6 Å². The van der Waals surface area contributed by atoms with E-state index >= 15 is 0 Å². The topological polar surface area (TPSA) is 74.3 Å². The van der Waals surface area contributed by atoms with Gasteiger partial charge in [0.1, 0.15) is 11.6 Å². The Labute approximate surface area is 353 Å². The molecule has 1 aliphatic heterocycles. The number of fused-ring (bicyclic) bond motifs is 6. The van der Waals surface area contributed by atoms with Crippen molar-refractivity contribution in [1.82, 2.24) is 33.7 Å². The van der Waals surface area contributed by atoms with E-state index in [9.17, 15) is 0 Å². The van der Waals surface area contributed by atoms with Gasteiger partial charge in [0.15, 0.2) is 17.5 Å². The van der Waals surface area contributed by atoms with E-state index in [1.807, 2.05) is 60.7 Å². The monoisotopic (exact) mass is 797 g/mol. The molecule has 1 unspecified atom stereocenters. The fourth-order valence-corrected chi connectivity index (χ4v) is 14.2. The van der Waals surface area contributed by atoms with Crippen LogP contribution in [0.25, 0.3) is 84.7 Å². The Morgan fingerprint density at radius 2 is 0.820 bits per heavy atom. The first kappa shape index (κ1) is 34.9. The van der Waals surface area contributed by atoms with Gasteiger partial charge in [-0.2, -0.15) is 0 Å². The predicted molar refractivity (Wildman–Crippen MR) is 248 cm³/mol. The summed E-state index contributed by atoms with van der Waals surface area (Å²) in [5, 5.41) is 3.68. The van der Waals surface area contributed by atoms with Crippen LogP contribution in [0.5, 0.6) is 0 Å². The molecule has 0 spiro atoms. The molecule has 0 bridgehead atoms. The number of para-hydroxylation sites is 5. The first-order valence-corrected chi connectivity index (χ1v) is 22.4. The Morgan fingerprint density at radius 3 is 1.49 bits per heavy atom. The van der Waals surface area contributed by atoms with Gasteiger partial charge in [-0.3, -0.25) is 4.57 Å². The molecule has 4 heterocycles. The zero-order valence-corrected chi connectivity index (χ0v) is 33.8. The van der Waals surface area contributed by atoms with Crippen LogP contribution in [0.4, 0.5) is 0 Å². The Hall–Kier alpha value is -8.07. The second kappa shape index (κ2) is 14.0. The summed E-state index contributed by atoms with van der Waals surface area (Å²) in [6.07, 6.45) is 0. The number of aromatic nitrogens is 7. The van der Waals surface area contributed by atoms with Gasteiger partial charge in [-0.05, 0) is 64.1 Å². The maximum atomic E-state index is 5.36. The largest absolute Gasteiger partial charge is 0.339 e. The molecule has 1 aliphatic rings. The highest BCUT2D eigenvalue weighted by Crippen LogP contribution is 2.36. The van der Waals surface area contributed by atoms with Crippen molar-refractivity contribution in [3.63, 3.8) is 0 Å². The maximum absolute atomic E-state index is 5.36. The quantitative estimate of drug-likeness (QED) is 0.150. The standard InChI is InChI=1S/C53H35N7Si/c1-4-18-36(19-5-1)49-56-50(37-20-6-2-7-21-37)58-51(57-49)38-22-16-26-41(34-38)61(48-33-15-10-28-43(48)53-55-45-30-12-14-32-47(45)60(53)61)42-27-17-23-39(35-42)52-54-44-29-11-13-31-46(44)59(52)40-24-8-3-9-25-40/h1-35H. The van der Waals surface area contributed by atoms with Crippen molar-refractivity contribution in [3.05, 3.63) is 212 Å². The summed E-state index contributed by atoms with van der Waals surface area (Å²) >= 11 is 0. The van der Waals surface area contributed by atoms with Gasteiger partial charge in [-0.1, -0.05) is 164 Å². The lowest BCUT2D eigenvalue weighted by Gasteiger charge is -2.32. The number of benzene rings is 8. The molecule has 286 valence electrons. The lowest BCUT2D eigenvalue weighted by atomic mass is 10.1. The fraction of sp³-hybridized carbons (Fsp3) is 0. The molecule has 0 saturated carbocycles. The second-order valence-corrected chi connectivity index (χ2v) is 18.9. The molecule has 0 radical (unpaired) electrons. The number of rotatable bonds is 7. The molecule has 0 amide bonds. The number of imidazole rings is 2. The van der Waals surface area contributed by atoms with E-state index in [-0.39, 0.29) is 0 Å². The zero-order valence-electron chi connectivity index (χ0n) is 32.8. The molecular formula is C53H35N7Si. The summed E-state index contributed by atoms with van der Waals surface area (Å²) in [4.78, 5) is 26.0. The van der Waals surface area contributed by atoms with Gasteiger partial charge in [0.05, 0.1) is 22.1 Å². The van der Waals surface area contributed by atoms with Crippen LogP contribution in [0.1, 0.15) is 0 Å². The van der Waals surface area contributed by atoms with E-state index < -0.39 is 8.24 Å². The minimum Gasteiger partial charge on any atom is -0.339 e. The normalized spacial score (nSPS) is 14.3. The SMILES string of the molecule is c1ccc(-c2nc(-c3ccccc3)nc(-c3cccc([Si]4(c5cccc(-c6nc7ccccc7n6-c6ccccc6)c5)c5ccccc5-c5nc6ccccc6n54)c3)n2)cc1. The molecule has 0 fully saturated rings. The van der Waals surface area contributed by atoms with Crippen molar-refractivity contribution in [2.75, 3.05) is 0 Å². The first-order chi connectivity index (χ1) is 30.2. The Balaban J connectivity index is 1.13. The average molecular weight is 798 g/mol. The highest BCUT2D eigenvalue weighted by Gasteiger charge is 2.51. The van der Waals surface area contributed by atoms with Crippen molar-refractivity contribution >= 4 is 45.9 Å². The van der Waals surface area contributed by atoms with E-state index in [2.05, 4.69) is 160 Å². The molecule has 0 aliphatic carbocycles. The minimum atomic E-state index is -3.21. The third kappa shape index (κ3) is 5.53. The van der Waals surface area contributed by atoms with E-state index in [0.29, 0.717) is 17.5 Å². The highest BCUT2D eigenvalue weighted by molar-refractivity contribution is 7.12. The molecule has 12 rings (SSSR count). The summed E-state index contributed by atoms with van der Waals surface area (Å²) in [6.45, 7) is 0. The van der Waals surface area contributed by atoms with E-state index in [1.54, 1.807) is 0 Å². The van der Waals surface area contributed by atoms with E-state index in [0.717, 1.165) is 67.2 Å². The number of hydrogen-bond acceptors (Lipinski definition) is 5. The molecule has 8 aromatic carbocycles. The van der Waals surface area contributed by atoms with Crippen molar-refractivity contribution in [2.45, 2.75) is 0 Å². The molecule has 8 heteroatoms. The van der Waals surface area contributed by atoms with Crippen molar-refractivity contribution in [1.29, 1.82) is 0 Å². The molecule has 11 aromatic rings. The summed E-state index contributed by atoms with van der Waals surface area (Å²) in [5.74, 6) is 3.75. The predicted octanol–water partition coefficient (Wildman–Crippen LogP) is 9.72. The van der Waals surface area contributed by atoms with Gasteiger partial charge in [-0.15, -0.1) is 0 Å². The minimum absolute atomic E-state index is 0.617. The third-order valence-corrected chi connectivity index (χ3v) is 16.4. The van der Waals surface area contributed by atoms with E-state index in [4.69, 9.17) is 24.9 Å². The van der Waals surface area contributed by atoms with Gasteiger partial charge >= 0.3 is 0 Å². The molecule has 0 saturated heterocycles. The van der Waals surface area contributed by atoms with Gasteiger partial charge in [0.25, 0.3) is 8.24 Å².